The predicted octanol–water partition coefficient (Wildman–Crippen LogP) is 2.86. The molecule has 0 amide bonds. The standard InChI is InChI=1S/C18H18O6/c1-21-11-7-15(23-3)18-12(9-17(20)24-16(18)8-11)10-4-5-13(19)14(6-10)22-2/h4-8,12,19H,9H2,1-3H3/t12-/m0/s1. The summed E-state index contributed by atoms with van der Waals surface area (Å²) in [6, 6.07) is 8.44. The van der Waals surface area contributed by atoms with E-state index in [1.54, 1.807) is 37.4 Å². The van der Waals surface area contributed by atoms with Gasteiger partial charge in [-0.25, -0.2) is 0 Å². The number of fused-ring (bicyclic) bond motifs is 1. The van der Waals surface area contributed by atoms with Crippen molar-refractivity contribution in [3.63, 3.8) is 0 Å². The average molecular weight is 330 g/mol. The molecule has 0 aliphatic carbocycles. The van der Waals surface area contributed by atoms with Crippen molar-refractivity contribution in [3.05, 3.63) is 41.5 Å². The lowest BCUT2D eigenvalue weighted by Gasteiger charge is -2.27. The van der Waals surface area contributed by atoms with E-state index in [1.807, 2.05) is 0 Å². The molecule has 0 spiro atoms. The Morgan fingerprint density at radius 3 is 2.46 bits per heavy atom. The van der Waals surface area contributed by atoms with Gasteiger partial charge in [0.2, 0.25) is 0 Å². The Balaban J connectivity index is 2.16. The van der Waals surface area contributed by atoms with Gasteiger partial charge in [0.25, 0.3) is 0 Å². The minimum absolute atomic E-state index is 0.0431. The molecular formula is C18H18O6. The molecule has 0 radical (unpaired) electrons. The van der Waals surface area contributed by atoms with Crippen molar-refractivity contribution in [3.8, 4) is 28.7 Å². The Morgan fingerprint density at radius 2 is 1.79 bits per heavy atom. The quantitative estimate of drug-likeness (QED) is 0.686. The van der Waals surface area contributed by atoms with E-state index in [-0.39, 0.29) is 24.1 Å². The van der Waals surface area contributed by atoms with Crippen molar-refractivity contribution >= 4 is 5.97 Å². The number of phenolic OH excluding ortho intramolecular Hbond substituents is 1. The average Bonchev–Trinajstić information content (AvgIpc) is 2.60. The van der Waals surface area contributed by atoms with E-state index in [2.05, 4.69) is 0 Å². The van der Waals surface area contributed by atoms with E-state index >= 15 is 0 Å². The minimum Gasteiger partial charge on any atom is -0.504 e. The number of benzene rings is 2. The number of carbonyl (C=O) groups is 1. The van der Waals surface area contributed by atoms with Crippen LogP contribution in [0.4, 0.5) is 0 Å². The number of esters is 1. The van der Waals surface area contributed by atoms with E-state index < -0.39 is 0 Å². The summed E-state index contributed by atoms with van der Waals surface area (Å²) in [6.07, 6.45) is 0.170. The molecule has 0 bridgehead atoms. The van der Waals surface area contributed by atoms with E-state index in [0.29, 0.717) is 23.0 Å². The fourth-order valence-electron chi connectivity index (χ4n) is 2.92. The minimum atomic E-state index is -0.338. The molecule has 6 nitrogen and oxygen atoms in total. The van der Waals surface area contributed by atoms with Crippen LogP contribution >= 0.6 is 0 Å². The molecule has 1 aliphatic rings. The molecule has 24 heavy (non-hydrogen) atoms. The van der Waals surface area contributed by atoms with Crippen LogP contribution in [0, 0.1) is 0 Å². The first kappa shape index (κ1) is 16.0. The van der Waals surface area contributed by atoms with Gasteiger partial charge in [-0.1, -0.05) is 6.07 Å². The van der Waals surface area contributed by atoms with Gasteiger partial charge in [0, 0.05) is 23.6 Å². The van der Waals surface area contributed by atoms with E-state index in [4.69, 9.17) is 18.9 Å². The second kappa shape index (κ2) is 6.31. The predicted molar refractivity (Wildman–Crippen MR) is 86.3 cm³/mol. The third-order valence-electron chi connectivity index (χ3n) is 4.08. The lowest BCUT2D eigenvalue weighted by Crippen LogP contribution is -2.21. The number of hydrogen-bond donors (Lipinski definition) is 1. The van der Waals surface area contributed by atoms with Crippen LogP contribution < -0.4 is 18.9 Å². The largest absolute Gasteiger partial charge is 0.504 e. The topological polar surface area (TPSA) is 74.2 Å². The fraction of sp³-hybridized carbons (Fsp3) is 0.278. The highest BCUT2D eigenvalue weighted by Crippen LogP contribution is 2.47. The Morgan fingerprint density at radius 1 is 1.04 bits per heavy atom. The Hall–Kier alpha value is -2.89. The van der Waals surface area contributed by atoms with E-state index in [9.17, 15) is 9.90 Å². The zero-order valence-corrected chi connectivity index (χ0v) is 13.7. The molecule has 0 unspecified atom stereocenters. The van der Waals surface area contributed by atoms with Gasteiger partial charge in [-0.05, 0) is 17.7 Å². The van der Waals surface area contributed by atoms with Crippen LogP contribution in [0.2, 0.25) is 0 Å². The highest BCUT2D eigenvalue weighted by molar-refractivity contribution is 5.79. The first-order valence-electron chi connectivity index (χ1n) is 7.40. The third kappa shape index (κ3) is 2.71. The molecule has 0 saturated heterocycles. The number of ether oxygens (including phenoxy) is 4. The molecule has 0 fully saturated rings. The summed E-state index contributed by atoms with van der Waals surface area (Å²) < 4.78 is 21.2. The number of carbonyl (C=O) groups excluding carboxylic acids is 1. The van der Waals surface area contributed by atoms with Gasteiger partial charge in [-0.15, -0.1) is 0 Å². The number of aromatic hydroxyl groups is 1. The van der Waals surface area contributed by atoms with Crippen molar-refractivity contribution in [2.75, 3.05) is 21.3 Å². The highest BCUT2D eigenvalue weighted by atomic mass is 16.5. The molecule has 0 saturated carbocycles. The van der Waals surface area contributed by atoms with Crippen LogP contribution in [-0.2, 0) is 4.79 Å². The van der Waals surface area contributed by atoms with Gasteiger partial charge < -0.3 is 24.1 Å². The van der Waals surface area contributed by atoms with Crippen molar-refractivity contribution < 1.29 is 28.8 Å². The molecule has 2 aromatic carbocycles. The second-order valence-electron chi connectivity index (χ2n) is 5.40. The van der Waals surface area contributed by atoms with Gasteiger partial charge in [-0.3, -0.25) is 4.79 Å². The lowest BCUT2D eigenvalue weighted by molar-refractivity contribution is -0.135. The first-order chi connectivity index (χ1) is 11.6. The van der Waals surface area contributed by atoms with Crippen LogP contribution in [-0.4, -0.2) is 32.4 Å². The van der Waals surface area contributed by atoms with Crippen molar-refractivity contribution in [1.82, 2.24) is 0 Å². The zero-order valence-electron chi connectivity index (χ0n) is 13.7. The molecule has 1 N–H and O–H groups in total. The summed E-state index contributed by atoms with van der Waals surface area (Å²) in [5.74, 6) is 1.32. The zero-order chi connectivity index (χ0) is 17.3. The summed E-state index contributed by atoms with van der Waals surface area (Å²) in [5, 5.41) is 9.79. The maximum Gasteiger partial charge on any atom is 0.312 e. The number of hydrogen-bond acceptors (Lipinski definition) is 6. The Labute approximate surface area is 139 Å². The van der Waals surface area contributed by atoms with Gasteiger partial charge in [0.05, 0.1) is 27.8 Å². The molecule has 3 rings (SSSR count). The molecule has 1 aliphatic heterocycles. The Kier molecular flexibility index (Phi) is 4.20. The summed E-state index contributed by atoms with van der Waals surface area (Å²) in [5.41, 5.74) is 1.59. The van der Waals surface area contributed by atoms with Gasteiger partial charge in [0.15, 0.2) is 11.5 Å². The lowest BCUT2D eigenvalue weighted by atomic mass is 9.85. The van der Waals surface area contributed by atoms with E-state index in [0.717, 1.165) is 11.1 Å². The number of rotatable bonds is 4. The van der Waals surface area contributed by atoms with Gasteiger partial charge in [-0.2, -0.15) is 0 Å². The molecule has 0 aromatic heterocycles. The smallest absolute Gasteiger partial charge is 0.312 e. The van der Waals surface area contributed by atoms with E-state index in [1.165, 1.54) is 14.2 Å². The first-order valence-corrected chi connectivity index (χ1v) is 7.40. The van der Waals surface area contributed by atoms with Crippen molar-refractivity contribution in [2.45, 2.75) is 12.3 Å². The summed E-state index contributed by atoms with van der Waals surface area (Å²) >= 11 is 0. The fourth-order valence-corrected chi connectivity index (χ4v) is 2.92. The Bertz CT molecular complexity index is 783. The molecule has 2 aromatic rings. The van der Waals surface area contributed by atoms with Crippen LogP contribution in [0.5, 0.6) is 28.7 Å². The molecular weight excluding hydrogens is 312 g/mol. The second-order valence-corrected chi connectivity index (χ2v) is 5.40. The molecule has 126 valence electrons. The maximum atomic E-state index is 12.0. The van der Waals surface area contributed by atoms with Crippen LogP contribution in [0.15, 0.2) is 30.3 Å². The number of methoxy groups -OCH3 is 3. The van der Waals surface area contributed by atoms with Crippen molar-refractivity contribution in [2.24, 2.45) is 0 Å². The number of phenols is 1. The molecule has 6 heteroatoms. The van der Waals surface area contributed by atoms with Gasteiger partial charge in [0.1, 0.15) is 17.2 Å². The highest BCUT2D eigenvalue weighted by Gasteiger charge is 2.32. The third-order valence-corrected chi connectivity index (χ3v) is 4.08. The summed E-state index contributed by atoms with van der Waals surface area (Å²) in [4.78, 5) is 12.0. The van der Waals surface area contributed by atoms with Crippen LogP contribution in [0.3, 0.4) is 0 Å². The van der Waals surface area contributed by atoms with Crippen LogP contribution in [0.25, 0.3) is 0 Å². The summed E-state index contributed by atoms with van der Waals surface area (Å²) in [7, 11) is 4.57. The maximum absolute atomic E-state index is 12.0. The van der Waals surface area contributed by atoms with Crippen molar-refractivity contribution in [1.29, 1.82) is 0 Å². The molecule has 1 atom stereocenters. The SMILES string of the molecule is COc1cc(OC)c2c(c1)OC(=O)C[C@H]2c1ccc(O)c(OC)c1. The monoisotopic (exact) mass is 330 g/mol. The normalized spacial score (nSPS) is 16.1. The van der Waals surface area contributed by atoms with Gasteiger partial charge >= 0.3 is 5.97 Å². The summed E-state index contributed by atoms with van der Waals surface area (Å²) in [6.45, 7) is 0. The molecule has 1 heterocycles. The van der Waals surface area contributed by atoms with Crippen LogP contribution in [0.1, 0.15) is 23.5 Å².